The molecule has 25 heavy (non-hydrogen) atoms. The molecule has 140 valence electrons. The van der Waals surface area contributed by atoms with Crippen molar-refractivity contribution in [3.63, 3.8) is 0 Å². The summed E-state index contributed by atoms with van der Waals surface area (Å²) in [6.45, 7) is 4.09. The van der Waals surface area contributed by atoms with E-state index < -0.39 is 4.92 Å². The minimum atomic E-state index is -0.394. The van der Waals surface area contributed by atoms with Crippen LogP contribution in [0, 0.1) is 16.0 Å². The largest absolute Gasteiger partial charge is 0.394 e. The van der Waals surface area contributed by atoms with E-state index in [9.17, 15) is 15.2 Å². The van der Waals surface area contributed by atoms with Crippen molar-refractivity contribution in [2.24, 2.45) is 5.92 Å². The van der Waals surface area contributed by atoms with Gasteiger partial charge in [-0.3, -0.25) is 10.1 Å². The fourth-order valence-electron chi connectivity index (χ4n) is 3.72. The first-order valence-electron chi connectivity index (χ1n) is 9.29. The van der Waals surface area contributed by atoms with E-state index in [-0.39, 0.29) is 37.2 Å². The Morgan fingerprint density at radius 3 is 2.60 bits per heavy atom. The van der Waals surface area contributed by atoms with Crippen LogP contribution in [0.15, 0.2) is 24.3 Å². The molecule has 1 N–H and O–H groups in total. The summed E-state index contributed by atoms with van der Waals surface area (Å²) in [4.78, 5) is 10.7. The minimum absolute atomic E-state index is 0.0688. The first-order chi connectivity index (χ1) is 12.2. The SMILES string of the molecule is CC.O=[N+]([O-])c1ccccc1COC1CC(C2CCCC2)OC1CO. The number of nitro benzene ring substituents is 1. The fraction of sp³-hybridized carbons (Fsp3) is 0.684. The molecular weight excluding hydrogens is 322 g/mol. The van der Waals surface area contributed by atoms with E-state index in [1.165, 1.54) is 31.7 Å². The van der Waals surface area contributed by atoms with Gasteiger partial charge < -0.3 is 14.6 Å². The van der Waals surface area contributed by atoms with Crippen molar-refractivity contribution in [1.82, 2.24) is 0 Å². The molecule has 2 fully saturated rings. The highest BCUT2D eigenvalue weighted by Gasteiger charge is 2.40. The van der Waals surface area contributed by atoms with Crippen molar-refractivity contribution < 1.29 is 19.5 Å². The van der Waals surface area contributed by atoms with Crippen LogP contribution >= 0.6 is 0 Å². The lowest BCUT2D eigenvalue weighted by molar-refractivity contribution is -0.386. The number of aliphatic hydroxyl groups excluding tert-OH is 1. The third-order valence-electron chi connectivity index (χ3n) is 4.98. The van der Waals surface area contributed by atoms with Gasteiger partial charge in [0.15, 0.2) is 0 Å². The van der Waals surface area contributed by atoms with Crippen LogP contribution in [0.2, 0.25) is 0 Å². The van der Waals surface area contributed by atoms with Crippen LogP contribution in [-0.2, 0) is 16.1 Å². The second-order valence-corrected chi connectivity index (χ2v) is 6.41. The van der Waals surface area contributed by atoms with Crippen LogP contribution in [0.25, 0.3) is 0 Å². The van der Waals surface area contributed by atoms with Gasteiger partial charge in [0.1, 0.15) is 6.10 Å². The number of hydrogen-bond donors (Lipinski definition) is 1. The molecule has 3 unspecified atom stereocenters. The Kier molecular flexibility index (Phi) is 7.81. The molecule has 1 aromatic rings. The molecule has 6 nitrogen and oxygen atoms in total. The Labute approximate surface area is 149 Å². The summed E-state index contributed by atoms with van der Waals surface area (Å²) >= 11 is 0. The third kappa shape index (κ3) is 5.00. The van der Waals surface area contributed by atoms with Gasteiger partial charge in [0, 0.05) is 12.5 Å². The second-order valence-electron chi connectivity index (χ2n) is 6.41. The van der Waals surface area contributed by atoms with Gasteiger partial charge in [-0.1, -0.05) is 38.8 Å². The summed E-state index contributed by atoms with van der Waals surface area (Å²) in [5.74, 6) is 0.559. The lowest BCUT2D eigenvalue weighted by Gasteiger charge is -2.18. The molecule has 1 aliphatic heterocycles. The standard InChI is InChI=1S/C17H23NO5.C2H6/c19-10-17-16(9-15(23-17)12-5-1-2-6-12)22-11-13-7-3-4-8-14(13)18(20)21;1-2/h3-4,7-8,12,15-17,19H,1-2,5-6,9-11H2;1-2H3. The number of ether oxygens (including phenoxy) is 2. The summed E-state index contributed by atoms with van der Waals surface area (Å²) in [6.07, 6.45) is 5.22. The first-order valence-corrected chi connectivity index (χ1v) is 9.29. The van der Waals surface area contributed by atoms with E-state index in [0.717, 1.165) is 6.42 Å². The van der Waals surface area contributed by atoms with Gasteiger partial charge in [0.25, 0.3) is 5.69 Å². The smallest absolute Gasteiger partial charge is 0.274 e. The van der Waals surface area contributed by atoms with Gasteiger partial charge in [0.05, 0.1) is 35.9 Å². The maximum absolute atomic E-state index is 11.0. The van der Waals surface area contributed by atoms with E-state index in [4.69, 9.17) is 9.47 Å². The van der Waals surface area contributed by atoms with Gasteiger partial charge >= 0.3 is 0 Å². The molecule has 0 radical (unpaired) electrons. The number of benzene rings is 1. The predicted molar refractivity (Wildman–Crippen MR) is 95.3 cm³/mol. The molecule has 0 bridgehead atoms. The number of aliphatic hydroxyl groups is 1. The highest BCUT2D eigenvalue weighted by Crippen LogP contribution is 2.37. The van der Waals surface area contributed by atoms with E-state index in [1.807, 2.05) is 13.8 Å². The molecule has 1 heterocycles. The number of hydrogen-bond acceptors (Lipinski definition) is 5. The van der Waals surface area contributed by atoms with Gasteiger partial charge in [0.2, 0.25) is 0 Å². The van der Waals surface area contributed by atoms with Gasteiger partial charge in [-0.25, -0.2) is 0 Å². The Morgan fingerprint density at radius 1 is 1.28 bits per heavy atom. The monoisotopic (exact) mass is 351 g/mol. The minimum Gasteiger partial charge on any atom is -0.394 e. The van der Waals surface area contributed by atoms with Crippen LogP contribution < -0.4 is 0 Å². The van der Waals surface area contributed by atoms with Crippen molar-refractivity contribution in [1.29, 1.82) is 0 Å². The number of para-hydroxylation sites is 1. The molecule has 6 heteroatoms. The molecule has 0 amide bonds. The molecule has 3 atom stereocenters. The number of nitrogens with zero attached hydrogens (tertiary/aromatic N) is 1. The van der Waals surface area contributed by atoms with Gasteiger partial charge in [-0.2, -0.15) is 0 Å². The van der Waals surface area contributed by atoms with Crippen LogP contribution in [-0.4, -0.2) is 34.9 Å². The highest BCUT2D eigenvalue weighted by molar-refractivity contribution is 5.39. The molecule has 2 aliphatic rings. The zero-order chi connectivity index (χ0) is 18.2. The summed E-state index contributed by atoms with van der Waals surface area (Å²) in [5.41, 5.74) is 0.623. The third-order valence-corrected chi connectivity index (χ3v) is 4.98. The molecule has 1 aromatic carbocycles. The molecular formula is C19H29NO5. The topological polar surface area (TPSA) is 81.8 Å². The zero-order valence-corrected chi connectivity index (χ0v) is 15.1. The van der Waals surface area contributed by atoms with E-state index in [0.29, 0.717) is 11.5 Å². The molecule has 1 saturated heterocycles. The van der Waals surface area contributed by atoms with E-state index in [1.54, 1.807) is 18.2 Å². The summed E-state index contributed by atoms with van der Waals surface area (Å²) in [5, 5.41) is 20.6. The Balaban J connectivity index is 0.00000109. The van der Waals surface area contributed by atoms with Gasteiger partial charge in [-0.05, 0) is 24.8 Å². The van der Waals surface area contributed by atoms with Gasteiger partial charge in [-0.15, -0.1) is 0 Å². The fourth-order valence-corrected chi connectivity index (χ4v) is 3.72. The lowest BCUT2D eigenvalue weighted by atomic mass is 9.97. The van der Waals surface area contributed by atoms with Crippen molar-refractivity contribution in [2.45, 2.75) is 70.9 Å². The Bertz CT molecular complexity index is 544. The van der Waals surface area contributed by atoms with Crippen LogP contribution in [0.3, 0.4) is 0 Å². The molecule has 0 spiro atoms. The zero-order valence-electron chi connectivity index (χ0n) is 15.1. The molecule has 1 aliphatic carbocycles. The van der Waals surface area contributed by atoms with E-state index in [2.05, 4.69) is 0 Å². The average Bonchev–Trinajstić information content (AvgIpc) is 3.31. The number of rotatable bonds is 6. The van der Waals surface area contributed by atoms with Crippen LogP contribution in [0.1, 0.15) is 51.5 Å². The van der Waals surface area contributed by atoms with Crippen molar-refractivity contribution >= 4 is 5.69 Å². The molecule has 3 rings (SSSR count). The van der Waals surface area contributed by atoms with Crippen molar-refractivity contribution in [3.05, 3.63) is 39.9 Å². The number of nitro groups is 1. The molecule has 1 saturated carbocycles. The van der Waals surface area contributed by atoms with Crippen molar-refractivity contribution in [3.8, 4) is 0 Å². The summed E-state index contributed by atoms with van der Waals surface area (Å²) < 4.78 is 11.8. The quantitative estimate of drug-likeness (QED) is 0.622. The average molecular weight is 351 g/mol. The lowest BCUT2D eigenvalue weighted by Crippen LogP contribution is -2.27. The summed E-state index contributed by atoms with van der Waals surface area (Å²) in [7, 11) is 0. The Hall–Kier alpha value is -1.50. The Morgan fingerprint density at radius 2 is 1.96 bits per heavy atom. The molecule has 0 aromatic heterocycles. The van der Waals surface area contributed by atoms with Crippen molar-refractivity contribution in [2.75, 3.05) is 6.61 Å². The highest BCUT2D eigenvalue weighted by atomic mass is 16.6. The van der Waals surface area contributed by atoms with E-state index >= 15 is 0 Å². The summed E-state index contributed by atoms with van der Waals surface area (Å²) in [6, 6.07) is 6.60. The normalized spacial score (nSPS) is 26.3. The maximum Gasteiger partial charge on any atom is 0.274 e. The maximum atomic E-state index is 11.0. The van der Waals surface area contributed by atoms with Crippen LogP contribution in [0.4, 0.5) is 5.69 Å². The second kappa shape index (κ2) is 9.85. The first kappa shape index (κ1) is 19.8. The predicted octanol–water partition coefficient (Wildman–Crippen LogP) is 3.85. The van der Waals surface area contributed by atoms with Crippen LogP contribution in [0.5, 0.6) is 0 Å².